The third kappa shape index (κ3) is 4.35. The number of nitrogens with zero attached hydrogens (tertiary/aromatic N) is 4. The van der Waals surface area contributed by atoms with Gasteiger partial charge < -0.3 is 25.4 Å². The zero-order valence-electron chi connectivity index (χ0n) is 24.4. The standard InChI is InChI=1S/C34H32N6O3/c1-19-4-6-23-22(14-19)18-40(34(23)43)29-17-36-16-27(20(29)2)24-8-9-26(32(35)41)31-30(24)25-7-5-21(15-28(25)37-31)33(42)39-12-10-38(3)11-13-39/h4-9,14-17,37H,10-13,18H2,1-3H3,(H2,35,41). The summed E-state index contributed by atoms with van der Waals surface area (Å²) in [5.74, 6) is -0.602. The summed E-state index contributed by atoms with van der Waals surface area (Å²) in [6, 6.07) is 15.1. The average Bonchev–Trinajstić information content (AvgIpc) is 3.53. The number of anilines is 1. The minimum atomic E-state index is -0.545. The van der Waals surface area contributed by atoms with Gasteiger partial charge in [-0.15, -0.1) is 0 Å². The molecule has 7 rings (SSSR count). The van der Waals surface area contributed by atoms with Crippen molar-refractivity contribution in [3.63, 3.8) is 0 Å². The summed E-state index contributed by atoms with van der Waals surface area (Å²) in [5, 5.41) is 1.69. The molecule has 2 aliphatic heterocycles. The molecule has 0 radical (unpaired) electrons. The molecule has 216 valence electrons. The van der Waals surface area contributed by atoms with Gasteiger partial charge in [0, 0.05) is 65.4 Å². The number of likely N-dealkylation sites (N-methyl/N-ethyl adjacent to an activating group) is 1. The van der Waals surface area contributed by atoms with E-state index in [0.717, 1.165) is 62.9 Å². The number of hydrogen-bond acceptors (Lipinski definition) is 5. The van der Waals surface area contributed by atoms with Crippen molar-refractivity contribution >= 4 is 45.2 Å². The van der Waals surface area contributed by atoms with Crippen molar-refractivity contribution in [2.75, 3.05) is 38.1 Å². The molecule has 0 spiro atoms. The number of aromatic nitrogens is 2. The predicted molar refractivity (Wildman–Crippen MR) is 167 cm³/mol. The van der Waals surface area contributed by atoms with E-state index in [1.54, 1.807) is 23.4 Å². The van der Waals surface area contributed by atoms with Crippen molar-refractivity contribution in [3.05, 3.63) is 94.3 Å². The maximum atomic E-state index is 13.4. The van der Waals surface area contributed by atoms with Gasteiger partial charge in [0.25, 0.3) is 17.7 Å². The van der Waals surface area contributed by atoms with E-state index < -0.39 is 5.91 Å². The summed E-state index contributed by atoms with van der Waals surface area (Å²) < 4.78 is 0. The molecule has 0 saturated carbocycles. The van der Waals surface area contributed by atoms with Crippen molar-refractivity contribution in [1.29, 1.82) is 0 Å². The molecule has 3 amide bonds. The van der Waals surface area contributed by atoms with Crippen molar-refractivity contribution in [1.82, 2.24) is 19.8 Å². The van der Waals surface area contributed by atoms with Gasteiger partial charge in [0.2, 0.25) is 0 Å². The lowest BCUT2D eigenvalue weighted by atomic mass is 9.94. The van der Waals surface area contributed by atoms with Gasteiger partial charge in [-0.2, -0.15) is 0 Å². The van der Waals surface area contributed by atoms with Gasteiger partial charge >= 0.3 is 0 Å². The Morgan fingerprint density at radius 1 is 0.907 bits per heavy atom. The van der Waals surface area contributed by atoms with Gasteiger partial charge in [0.15, 0.2) is 0 Å². The first kappa shape index (κ1) is 26.9. The molecule has 2 aromatic heterocycles. The number of primary amides is 1. The molecule has 2 aliphatic rings. The Morgan fingerprint density at radius 2 is 1.67 bits per heavy atom. The number of carbonyl (C=O) groups excluding carboxylic acids is 3. The second-order valence-corrected chi connectivity index (χ2v) is 11.6. The van der Waals surface area contributed by atoms with Crippen molar-refractivity contribution in [2.24, 2.45) is 5.73 Å². The maximum Gasteiger partial charge on any atom is 0.258 e. The van der Waals surface area contributed by atoms with Crippen molar-refractivity contribution in [2.45, 2.75) is 20.4 Å². The second-order valence-electron chi connectivity index (χ2n) is 11.6. The molecule has 43 heavy (non-hydrogen) atoms. The van der Waals surface area contributed by atoms with Crippen LogP contribution in [0.4, 0.5) is 5.69 Å². The second kappa shape index (κ2) is 10.1. The Bertz CT molecular complexity index is 1990. The van der Waals surface area contributed by atoms with Gasteiger partial charge in [-0.05, 0) is 61.9 Å². The number of piperazine rings is 1. The normalized spacial score (nSPS) is 15.5. The minimum absolute atomic E-state index is 0.0109. The lowest BCUT2D eigenvalue weighted by Gasteiger charge is -2.32. The molecule has 3 N–H and O–H groups in total. The van der Waals surface area contributed by atoms with Gasteiger partial charge in [-0.25, -0.2) is 0 Å². The van der Waals surface area contributed by atoms with Gasteiger partial charge in [0.05, 0.1) is 29.5 Å². The summed E-state index contributed by atoms with van der Waals surface area (Å²) in [5.41, 5.74) is 14.3. The fourth-order valence-electron chi connectivity index (χ4n) is 6.47. The first-order valence-electron chi connectivity index (χ1n) is 14.4. The summed E-state index contributed by atoms with van der Waals surface area (Å²) in [6.07, 6.45) is 3.52. The van der Waals surface area contributed by atoms with E-state index in [4.69, 9.17) is 5.73 Å². The highest BCUT2D eigenvalue weighted by Gasteiger charge is 2.30. The summed E-state index contributed by atoms with van der Waals surface area (Å²) in [6.45, 7) is 7.54. The van der Waals surface area contributed by atoms with E-state index in [2.05, 4.69) is 28.0 Å². The molecule has 1 saturated heterocycles. The number of aryl methyl sites for hydroxylation is 1. The first-order valence-corrected chi connectivity index (χ1v) is 14.4. The Balaban J connectivity index is 1.34. The predicted octanol–water partition coefficient (Wildman–Crippen LogP) is 4.65. The van der Waals surface area contributed by atoms with Crippen LogP contribution in [0.2, 0.25) is 0 Å². The number of fused-ring (bicyclic) bond motifs is 4. The van der Waals surface area contributed by atoms with E-state index in [-0.39, 0.29) is 11.8 Å². The number of nitrogens with two attached hydrogens (primary N) is 1. The fourth-order valence-corrected chi connectivity index (χ4v) is 6.47. The molecular weight excluding hydrogens is 540 g/mol. The van der Waals surface area contributed by atoms with Crippen molar-refractivity contribution in [3.8, 4) is 11.1 Å². The van der Waals surface area contributed by atoms with Crippen LogP contribution in [0.15, 0.2) is 60.9 Å². The molecule has 3 aromatic carbocycles. The first-order chi connectivity index (χ1) is 20.7. The highest BCUT2D eigenvalue weighted by atomic mass is 16.2. The molecule has 0 bridgehead atoms. The molecule has 9 heteroatoms. The third-order valence-electron chi connectivity index (χ3n) is 8.89. The number of nitrogens with one attached hydrogen (secondary N) is 1. The molecule has 0 aliphatic carbocycles. The highest BCUT2D eigenvalue weighted by Crippen LogP contribution is 2.40. The lowest BCUT2D eigenvalue weighted by molar-refractivity contribution is 0.0664. The van der Waals surface area contributed by atoms with Crippen LogP contribution in [-0.2, 0) is 6.54 Å². The molecule has 0 unspecified atom stereocenters. The SMILES string of the molecule is Cc1ccc2c(c1)CN(c1cncc(-c3ccc(C(N)=O)c4[nH]c5cc(C(=O)N6CCN(C)CC6)ccc5c34)c1C)C2=O. The number of pyridine rings is 1. The fraction of sp³-hybridized carbons (Fsp3) is 0.235. The van der Waals surface area contributed by atoms with Crippen LogP contribution in [0.3, 0.4) is 0 Å². The molecule has 9 nitrogen and oxygen atoms in total. The summed E-state index contributed by atoms with van der Waals surface area (Å²) in [4.78, 5) is 53.0. The van der Waals surface area contributed by atoms with Crippen LogP contribution in [0.25, 0.3) is 32.9 Å². The average molecular weight is 573 g/mol. The quantitative estimate of drug-likeness (QED) is 0.325. The van der Waals surface area contributed by atoms with E-state index in [1.807, 2.05) is 55.1 Å². The van der Waals surface area contributed by atoms with Crippen LogP contribution < -0.4 is 10.6 Å². The zero-order chi connectivity index (χ0) is 30.0. The lowest BCUT2D eigenvalue weighted by Crippen LogP contribution is -2.47. The van der Waals surface area contributed by atoms with Gasteiger partial charge in [0.1, 0.15) is 0 Å². The van der Waals surface area contributed by atoms with E-state index in [0.29, 0.717) is 41.8 Å². The van der Waals surface area contributed by atoms with Crippen LogP contribution in [-0.4, -0.2) is 70.7 Å². The van der Waals surface area contributed by atoms with Gasteiger partial charge in [-0.1, -0.05) is 29.8 Å². The van der Waals surface area contributed by atoms with Crippen LogP contribution in [0, 0.1) is 13.8 Å². The van der Waals surface area contributed by atoms with Crippen molar-refractivity contribution < 1.29 is 14.4 Å². The zero-order valence-corrected chi connectivity index (χ0v) is 24.4. The Hall–Kier alpha value is -5.02. The number of benzene rings is 3. The minimum Gasteiger partial charge on any atom is -0.366 e. The van der Waals surface area contributed by atoms with E-state index in [9.17, 15) is 14.4 Å². The largest absolute Gasteiger partial charge is 0.366 e. The Morgan fingerprint density at radius 3 is 2.44 bits per heavy atom. The maximum absolute atomic E-state index is 13.4. The monoisotopic (exact) mass is 572 g/mol. The molecule has 0 atom stereocenters. The molecule has 5 aromatic rings. The Kier molecular flexibility index (Phi) is 6.28. The van der Waals surface area contributed by atoms with Crippen LogP contribution in [0.5, 0.6) is 0 Å². The number of carbonyl (C=O) groups is 3. The van der Waals surface area contributed by atoms with Crippen LogP contribution in [0.1, 0.15) is 47.8 Å². The van der Waals surface area contributed by atoms with Gasteiger partial charge in [-0.3, -0.25) is 19.4 Å². The number of hydrogen-bond donors (Lipinski definition) is 2. The smallest absolute Gasteiger partial charge is 0.258 e. The summed E-state index contributed by atoms with van der Waals surface area (Å²) in [7, 11) is 2.06. The van der Waals surface area contributed by atoms with E-state index in [1.165, 1.54) is 0 Å². The van der Waals surface area contributed by atoms with Crippen LogP contribution >= 0.6 is 0 Å². The number of H-pyrrole nitrogens is 1. The van der Waals surface area contributed by atoms with E-state index >= 15 is 0 Å². The molecular formula is C34H32N6O3. The highest BCUT2D eigenvalue weighted by molar-refractivity contribution is 6.21. The third-order valence-corrected chi connectivity index (χ3v) is 8.89. The molecule has 1 fully saturated rings. The molecule has 4 heterocycles. The Labute approximate surface area is 248 Å². The summed E-state index contributed by atoms with van der Waals surface area (Å²) >= 11 is 0. The number of amides is 3. The topological polar surface area (TPSA) is 116 Å². The number of aromatic amines is 1. The number of rotatable bonds is 4.